The lowest BCUT2D eigenvalue weighted by Gasteiger charge is -2.17. The largest absolute Gasteiger partial charge is 0.324 e. The SMILES string of the molecule is CCCC1CC(=O)N(n2ccnc2)C1.[N-]=[N+]=Nc1c(F)ccc(C2CC(=O)N(Cn3ccnc3)C2)c1F.[N-]=[N+]=Nc1c(F)ccc(C2CC(=O)N(Cn3ccnc3)C2)c1F. The molecule has 22 heteroatoms. The summed E-state index contributed by atoms with van der Waals surface area (Å²) in [5.74, 6) is -4.03. The Morgan fingerprint density at radius 2 is 1.15 bits per heavy atom. The number of halogens is 4. The van der Waals surface area contributed by atoms with E-state index in [0.717, 1.165) is 31.5 Å². The van der Waals surface area contributed by atoms with Gasteiger partial charge in [-0.25, -0.2) is 42.2 Å². The summed E-state index contributed by atoms with van der Waals surface area (Å²) in [5.41, 5.74) is 15.8. The first-order valence-electron chi connectivity index (χ1n) is 18.8. The number of rotatable bonds is 11. The molecule has 3 saturated heterocycles. The van der Waals surface area contributed by atoms with Crippen molar-refractivity contribution in [2.75, 3.05) is 24.6 Å². The van der Waals surface area contributed by atoms with Gasteiger partial charge in [0.1, 0.15) is 41.0 Å². The number of nitrogens with zero attached hydrogens (tertiary/aromatic N) is 15. The van der Waals surface area contributed by atoms with E-state index in [-0.39, 0.29) is 41.7 Å². The van der Waals surface area contributed by atoms with E-state index in [1.165, 1.54) is 12.1 Å². The first-order valence-corrected chi connectivity index (χ1v) is 18.8. The molecule has 3 amide bonds. The number of hydrogen-bond acceptors (Lipinski definition) is 8. The van der Waals surface area contributed by atoms with Crippen LogP contribution < -0.4 is 5.01 Å². The molecule has 6 heterocycles. The predicted octanol–water partition coefficient (Wildman–Crippen LogP) is 7.32. The van der Waals surface area contributed by atoms with E-state index in [4.69, 9.17) is 11.1 Å². The van der Waals surface area contributed by atoms with Crippen molar-refractivity contribution in [2.45, 2.75) is 64.2 Å². The number of hydrogen-bond donors (Lipinski definition) is 0. The fourth-order valence-electron chi connectivity index (χ4n) is 7.37. The van der Waals surface area contributed by atoms with Crippen LogP contribution in [-0.2, 0) is 27.7 Å². The van der Waals surface area contributed by atoms with Gasteiger partial charge in [-0.1, -0.05) is 35.7 Å². The molecule has 3 unspecified atom stereocenters. The number of carbonyl (C=O) groups excluding carboxylic acids is 3. The van der Waals surface area contributed by atoms with Gasteiger partial charge in [-0.2, -0.15) is 0 Å². The van der Waals surface area contributed by atoms with Crippen LogP contribution in [0.2, 0.25) is 0 Å². The Bertz CT molecular complexity index is 2250. The minimum absolute atomic E-state index is 0.118. The Hall–Kier alpha value is -7.18. The van der Waals surface area contributed by atoms with Crippen molar-refractivity contribution in [3.8, 4) is 0 Å². The van der Waals surface area contributed by atoms with Crippen LogP contribution in [0.25, 0.3) is 20.9 Å². The number of azide groups is 2. The minimum atomic E-state index is -0.927. The maximum Gasteiger partial charge on any atom is 0.241 e. The van der Waals surface area contributed by atoms with Gasteiger partial charge < -0.3 is 18.9 Å². The summed E-state index contributed by atoms with van der Waals surface area (Å²) >= 11 is 0. The fraction of sp³-hybridized carbons (Fsp3) is 0.368. The van der Waals surface area contributed by atoms with E-state index in [9.17, 15) is 31.9 Å². The van der Waals surface area contributed by atoms with Gasteiger partial charge in [0.25, 0.3) is 0 Å². The molecule has 3 aromatic heterocycles. The molecular formula is C38H39F4N15O3. The number of likely N-dealkylation sites (tertiary alicyclic amines) is 2. The molecule has 2 aromatic carbocycles. The maximum atomic E-state index is 14.4. The van der Waals surface area contributed by atoms with Gasteiger partial charge in [-0.3, -0.25) is 14.4 Å². The summed E-state index contributed by atoms with van der Waals surface area (Å²) in [6.45, 7) is 4.24. The van der Waals surface area contributed by atoms with E-state index in [0.29, 0.717) is 38.8 Å². The molecule has 3 fully saturated rings. The van der Waals surface area contributed by atoms with Crippen LogP contribution >= 0.6 is 0 Å². The van der Waals surface area contributed by atoms with Crippen LogP contribution in [0.1, 0.15) is 62.0 Å². The molecule has 3 atom stereocenters. The van der Waals surface area contributed by atoms with Crippen LogP contribution in [0.5, 0.6) is 0 Å². The molecule has 60 heavy (non-hydrogen) atoms. The number of carbonyl (C=O) groups is 3. The summed E-state index contributed by atoms with van der Waals surface area (Å²) < 4.78 is 61.0. The highest BCUT2D eigenvalue weighted by Gasteiger charge is 2.35. The molecule has 0 spiro atoms. The van der Waals surface area contributed by atoms with Gasteiger partial charge in [0.2, 0.25) is 17.7 Å². The number of benzene rings is 2. The molecule has 0 radical (unpaired) electrons. The first-order chi connectivity index (χ1) is 29.0. The minimum Gasteiger partial charge on any atom is -0.324 e. The Kier molecular flexibility index (Phi) is 13.8. The summed E-state index contributed by atoms with van der Waals surface area (Å²) in [5, 5.41) is 7.88. The predicted molar refractivity (Wildman–Crippen MR) is 206 cm³/mol. The van der Waals surface area contributed by atoms with Crippen LogP contribution in [0, 0.1) is 29.2 Å². The third kappa shape index (κ3) is 9.91. The fourth-order valence-corrected chi connectivity index (χ4v) is 7.37. The van der Waals surface area contributed by atoms with Crippen molar-refractivity contribution >= 4 is 29.1 Å². The molecule has 18 nitrogen and oxygen atoms in total. The Labute approximate surface area is 339 Å². The Morgan fingerprint density at radius 1 is 0.667 bits per heavy atom. The van der Waals surface area contributed by atoms with Gasteiger partial charge in [-0.05, 0) is 46.7 Å². The highest BCUT2D eigenvalue weighted by Crippen LogP contribution is 2.36. The van der Waals surface area contributed by atoms with Crippen molar-refractivity contribution < 1.29 is 31.9 Å². The van der Waals surface area contributed by atoms with Gasteiger partial charge in [0.05, 0.1) is 26.0 Å². The molecule has 312 valence electrons. The summed E-state index contributed by atoms with van der Waals surface area (Å²) in [7, 11) is 0. The molecule has 3 aliphatic heterocycles. The summed E-state index contributed by atoms with van der Waals surface area (Å²) in [4.78, 5) is 55.6. The van der Waals surface area contributed by atoms with Gasteiger partial charge in [-0.15, -0.1) is 0 Å². The van der Waals surface area contributed by atoms with Crippen molar-refractivity contribution in [3.05, 3.63) is 136 Å². The van der Waals surface area contributed by atoms with Gasteiger partial charge in [0, 0.05) is 97.7 Å². The average molecular weight is 830 g/mol. The van der Waals surface area contributed by atoms with Crippen molar-refractivity contribution in [1.82, 2.24) is 38.6 Å². The number of aromatic nitrogens is 6. The molecule has 0 saturated carbocycles. The zero-order valence-electron chi connectivity index (χ0n) is 32.3. The average Bonchev–Trinajstić information content (AvgIpc) is 4.09. The van der Waals surface area contributed by atoms with Gasteiger partial charge >= 0.3 is 0 Å². The summed E-state index contributed by atoms with van der Waals surface area (Å²) in [6, 6.07) is 4.68. The molecule has 0 bridgehead atoms. The van der Waals surface area contributed by atoms with Crippen LogP contribution in [-0.4, -0.2) is 75.9 Å². The highest BCUT2D eigenvalue weighted by molar-refractivity contribution is 5.88. The molecule has 3 aliphatic rings. The van der Waals surface area contributed by atoms with E-state index in [1.54, 1.807) is 78.6 Å². The van der Waals surface area contributed by atoms with E-state index >= 15 is 0 Å². The Morgan fingerprint density at radius 3 is 1.57 bits per heavy atom. The monoisotopic (exact) mass is 829 g/mol. The lowest BCUT2D eigenvalue weighted by atomic mass is 9.97. The normalized spacial score (nSPS) is 18.4. The second kappa shape index (κ2) is 19.5. The lowest BCUT2D eigenvalue weighted by Crippen LogP contribution is -2.34. The van der Waals surface area contributed by atoms with Crippen LogP contribution in [0.4, 0.5) is 28.9 Å². The summed E-state index contributed by atoms with van der Waals surface area (Å²) in [6.07, 6.45) is 18.2. The standard InChI is InChI=1S/2C14H12F2N6O.C10H15N3O/c2*15-11-2-1-10(13(16)14(11)19-20-17)9-5-12(23)22(6-9)8-21-4-3-18-7-21;1-2-3-9-6-10(14)13(7-9)12-5-4-11-8-12/h2*1-4,7,9H,5-6,8H2;4-5,8-9H,2-3,6-7H2,1H3. The van der Waals surface area contributed by atoms with Crippen molar-refractivity contribution in [2.24, 2.45) is 16.1 Å². The van der Waals surface area contributed by atoms with Crippen LogP contribution in [0.15, 0.2) is 90.7 Å². The zero-order valence-corrected chi connectivity index (χ0v) is 32.3. The molecule has 0 aliphatic carbocycles. The zero-order chi connectivity index (χ0) is 42.8. The second-order valence-corrected chi connectivity index (χ2v) is 14.2. The van der Waals surface area contributed by atoms with E-state index in [2.05, 4.69) is 41.9 Å². The van der Waals surface area contributed by atoms with Gasteiger partial charge in [0.15, 0.2) is 0 Å². The number of amides is 3. The third-order valence-corrected chi connectivity index (χ3v) is 10.2. The molecular weight excluding hydrogens is 791 g/mol. The first kappa shape index (κ1) is 42.4. The third-order valence-electron chi connectivity index (χ3n) is 10.2. The molecule has 8 rings (SSSR count). The van der Waals surface area contributed by atoms with E-state index < -0.39 is 46.5 Å². The highest BCUT2D eigenvalue weighted by atomic mass is 19.1. The topological polar surface area (TPSA) is 212 Å². The Balaban J connectivity index is 0.000000156. The van der Waals surface area contributed by atoms with Crippen LogP contribution in [0.3, 0.4) is 0 Å². The van der Waals surface area contributed by atoms with Crippen molar-refractivity contribution in [1.29, 1.82) is 0 Å². The van der Waals surface area contributed by atoms with Crippen molar-refractivity contribution in [3.63, 3.8) is 0 Å². The molecule has 0 N–H and O–H groups in total. The maximum absolute atomic E-state index is 14.4. The molecule has 5 aromatic rings. The lowest BCUT2D eigenvalue weighted by molar-refractivity contribution is -0.129. The quantitative estimate of drug-likeness (QED) is 0.0575. The van der Waals surface area contributed by atoms with E-state index in [1.807, 2.05) is 6.20 Å². The number of imidazole rings is 3. The smallest absolute Gasteiger partial charge is 0.241 e. The second-order valence-electron chi connectivity index (χ2n) is 14.2.